The summed E-state index contributed by atoms with van der Waals surface area (Å²) in [5.74, 6) is 0. The third kappa shape index (κ3) is 3.93. The van der Waals surface area contributed by atoms with Crippen molar-refractivity contribution < 1.29 is 4.74 Å². The molecule has 112 valence electrons. The first-order valence-corrected chi connectivity index (χ1v) is 8.26. The second kappa shape index (κ2) is 7.05. The highest BCUT2D eigenvalue weighted by Crippen LogP contribution is 2.31. The number of rotatable bonds is 5. The van der Waals surface area contributed by atoms with Gasteiger partial charge in [0.05, 0.1) is 5.60 Å². The number of piperidine rings is 1. The zero-order valence-corrected chi connectivity index (χ0v) is 13.1. The van der Waals surface area contributed by atoms with Crippen molar-refractivity contribution in [2.75, 3.05) is 26.7 Å². The van der Waals surface area contributed by atoms with Gasteiger partial charge in [-0.2, -0.15) is 0 Å². The molecule has 2 atom stereocenters. The van der Waals surface area contributed by atoms with Gasteiger partial charge < -0.3 is 15.0 Å². The van der Waals surface area contributed by atoms with Crippen LogP contribution in [0.5, 0.6) is 0 Å². The molecule has 0 amide bonds. The highest BCUT2D eigenvalue weighted by atomic mass is 16.5. The molecule has 2 unspecified atom stereocenters. The van der Waals surface area contributed by atoms with Crippen molar-refractivity contribution in [3.8, 4) is 0 Å². The van der Waals surface area contributed by atoms with Crippen LogP contribution in [0.1, 0.15) is 58.8 Å². The van der Waals surface area contributed by atoms with Crippen LogP contribution in [0, 0.1) is 0 Å². The number of hydrogen-bond donors (Lipinski definition) is 1. The maximum Gasteiger partial charge on any atom is 0.0692 e. The van der Waals surface area contributed by atoms with Gasteiger partial charge in [-0.1, -0.05) is 20.3 Å². The van der Waals surface area contributed by atoms with Gasteiger partial charge in [-0.25, -0.2) is 0 Å². The monoisotopic (exact) mass is 268 g/mol. The molecule has 19 heavy (non-hydrogen) atoms. The maximum absolute atomic E-state index is 6.06. The first-order valence-electron chi connectivity index (χ1n) is 8.26. The Morgan fingerprint density at radius 1 is 1.21 bits per heavy atom. The summed E-state index contributed by atoms with van der Waals surface area (Å²) >= 11 is 0. The Morgan fingerprint density at radius 2 is 2.00 bits per heavy atom. The van der Waals surface area contributed by atoms with E-state index in [2.05, 4.69) is 31.1 Å². The van der Waals surface area contributed by atoms with E-state index >= 15 is 0 Å². The summed E-state index contributed by atoms with van der Waals surface area (Å²) in [6.45, 7) is 7.89. The molecule has 0 saturated carbocycles. The summed E-state index contributed by atoms with van der Waals surface area (Å²) < 4.78 is 6.06. The Balaban J connectivity index is 1.79. The molecule has 2 aliphatic rings. The molecule has 0 aromatic carbocycles. The normalized spacial score (nSPS) is 32.4. The van der Waals surface area contributed by atoms with Gasteiger partial charge in [-0.15, -0.1) is 0 Å². The smallest absolute Gasteiger partial charge is 0.0692 e. The second-order valence-electron chi connectivity index (χ2n) is 6.47. The van der Waals surface area contributed by atoms with Crippen LogP contribution in [0.2, 0.25) is 0 Å². The van der Waals surface area contributed by atoms with Gasteiger partial charge >= 0.3 is 0 Å². The molecule has 1 N–H and O–H groups in total. The maximum atomic E-state index is 6.06. The fourth-order valence-corrected chi connectivity index (χ4v) is 3.65. The number of likely N-dealkylation sites (N-methyl/N-ethyl adjacent to an activating group) is 1. The van der Waals surface area contributed by atoms with Crippen LogP contribution in [0.3, 0.4) is 0 Å². The molecule has 0 bridgehead atoms. The average Bonchev–Trinajstić information content (AvgIpc) is 2.46. The molecule has 2 saturated heterocycles. The fraction of sp³-hybridized carbons (Fsp3) is 1.00. The predicted octanol–water partition coefficient (Wildman–Crippen LogP) is 2.80. The molecule has 2 heterocycles. The average molecular weight is 268 g/mol. The molecule has 2 aliphatic heterocycles. The predicted molar refractivity (Wildman–Crippen MR) is 80.6 cm³/mol. The lowest BCUT2D eigenvalue weighted by Crippen LogP contribution is -2.50. The zero-order chi connectivity index (χ0) is 13.7. The number of likely N-dealkylation sites (tertiary alicyclic amines) is 1. The van der Waals surface area contributed by atoms with Crippen LogP contribution in [0.15, 0.2) is 0 Å². The highest BCUT2D eigenvalue weighted by Gasteiger charge is 2.34. The molecule has 0 radical (unpaired) electrons. The molecule has 2 rings (SSSR count). The van der Waals surface area contributed by atoms with Crippen molar-refractivity contribution in [2.45, 2.75) is 76.5 Å². The molecule has 3 heteroatoms. The highest BCUT2D eigenvalue weighted by molar-refractivity contribution is 4.89. The van der Waals surface area contributed by atoms with Crippen LogP contribution in [-0.2, 0) is 4.74 Å². The summed E-state index contributed by atoms with van der Waals surface area (Å²) in [7, 11) is 2.28. The van der Waals surface area contributed by atoms with Crippen molar-refractivity contribution in [3.63, 3.8) is 0 Å². The molecule has 0 aliphatic carbocycles. The van der Waals surface area contributed by atoms with Crippen molar-refractivity contribution >= 4 is 0 Å². The topological polar surface area (TPSA) is 24.5 Å². The first kappa shape index (κ1) is 15.3. The van der Waals surface area contributed by atoms with E-state index < -0.39 is 0 Å². The van der Waals surface area contributed by atoms with E-state index in [1.165, 1.54) is 38.6 Å². The lowest BCUT2D eigenvalue weighted by molar-refractivity contribution is -0.0934. The number of nitrogens with zero attached hydrogens (tertiary/aromatic N) is 1. The minimum Gasteiger partial charge on any atom is -0.375 e. The molecule has 0 aromatic heterocycles. The Morgan fingerprint density at radius 3 is 2.68 bits per heavy atom. The van der Waals surface area contributed by atoms with Crippen molar-refractivity contribution in [1.29, 1.82) is 0 Å². The van der Waals surface area contributed by atoms with Gasteiger partial charge in [0.15, 0.2) is 0 Å². The van der Waals surface area contributed by atoms with E-state index in [0.29, 0.717) is 6.04 Å². The summed E-state index contributed by atoms with van der Waals surface area (Å²) in [6.07, 6.45) is 8.79. The Hall–Kier alpha value is -0.120. The van der Waals surface area contributed by atoms with Gasteiger partial charge in [0, 0.05) is 25.2 Å². The van der Waals surface area contributed by atoms with E-state index in [9.17, 15) is 0 Å². The van der Waals surface area contributed by atoms with Crippen LogP contribution in [0.4, 0.5) is 0 Å². The third-order valence-electron chi connectivity index (χ3n) is 5.35. The molecule has 2 fully saturated rings. The summed E-state index contributed by atoms with van der Waals surface area (Å²) in [4.78, 5) is 2.53. The number of nitrogens with one attached hydrogen (secondary N) is 1. The van der Waals surface area contributed by atoms with E-state index in [1.54, 1.807) is 0 Å². The second-order valence-corrected chi connectivity index (χ2v) is 6.47. The van der Waals surface area contributed by atoms with E-state index in [4.69, 9.17) is 4.74 Å². The van der Waals surface area contributed by atoms with Crippen LogP contribution in [0.25, 0.3) is 0 Å². The Kier molecular flexibility index (Phi) is 5.67. The van der Waals surface area contributed by atoms with Crippen LogP contribution < -0.4 is 5.32 Å². The molecular formula is C16H32N2O. The summed E-state index contributed by atoms with van der Waals surface area (Å²) in [6, 6.07) is 1.40. The van der Waals surface area contributed by atoms with E-state index in [1.807, 2.05) is 0 Å². The van der Waals surface area contributed by atoms with Crippen LogP contribution in [-0.4, -0.2) is 49.3 Å². The fourth-order valence-electron chi connectivity index (χ4n) is 3.65. The molecule has 0 aromatic rings. The van der Waals surface area contributed by atoms with E-state index in [0.717, 1.165) is 32.0 Å². The van der Waals surface area contributed by atoms with Crippen LogP contribution >= 0.6 is 0 Å². The SMILES string of the molecule is CCC1(CC)CC(NCC2CCCCN2C)CCO1. The first-order chi connectivity index (χ1) is 9.19. The molecule has 3 nitrogen and oxygen atoms in total. The lowest BCUT2D eigenvalue weighted by Gasteiger charge is -2.41. The quantitative estimate of drug-likeness (QED) is 0.830. The lowest BCUT2D eigenvalue weighted by atomic mass is 9.86. The summed E-state index contributed by atoms with van der Waals surface area (Å²) in [5.41, 5.74) is 0.147. The van der Waals surface area contributed by atoms with E-state index in [-0.39, 0.29) is 5.60 Å². The minimum atomic E-state index is 0.147. The van der Waals surface area contributed by atoms with Crippen molar-refractivity contribution in [3.05, 3.63) is 0 Å². The molecule has 0 spiro atoms. The van der Waals surface area contributed by atoms with Crippen molar-refractivity contribution in [2.24, 2.45) is 0 Å². The largest absolute Gasteiger partial charge is 0.375 e. The number of ether oxygens (including phenoxy) is 1. The number of hydrogen-bond acceptors (Lipinski definition) is 3. The third-order valence-corrected chi connectivity index (χ3v) is 5.35. The minimum absolute atomic E-state index is 0.147. The zero-order valence-electron chi connectivity index (χ0n) is 13.1. The van der Waals surface area contributed by atoms with Gasteiger partial charge in [-0.3, -0.25) is 0 Å². The Bertz CT molecular complexity index is 265. The standard InChI is InChI=1S/C16H32N2O/c1-4-16(5-2)12-14(9-11-19-16)17-13-15-8-6-7-10-18(15)3/h14-15,17H,4-13H2,1-3H3. The van der Waals surface area contributed by atoms with Gasteiger partial charge in [0.1, 0.15) is 0 Å². The molecular weight excluding hydrogens is 236 g/mol. The van der Waals surface area contributed by atoms with Crippen molar-refractivity contribution in [1.82, 2.24) is 10.2 Å². The van der Waals surface area contributed by atoms with Gasteiger partial charge in [0.2, 0.25) is 0 Å². The summed E-state index contributed by atoms with van der Waals surface area (Å²) in [5, 5.41) is 3.82. The van der Waals surface area contributed by atoms with Gasteiger partial charge in [-0.05, 0) is 52.1 Å². The van der Waals surface area contributed by atoms with Gasteiger partial charge in [0.25, 0.3) is 0 Å². The Labute approximate surface area is 119 Å².